The van der Waals surface area contributed by atoms with E-state index in [1.165, 1.54) is 0 Å². The Bertz CT molecular complexity index is 185. The van der Waals surface area contributed by atoms with Gasteiger partial charge in [-0.15, -0.1) is 13.2 Å². The van der Waals surface area contributed by atoms with Crippen molar-refractivity contribution in [2.24, 2.45) is 0 Å². The van der Waals surface area contributed by atoms with Crippen LogP contribution in [0.5, 0.6) is 0 Å². The van der Waals surface area contributed by atoms with Gasteiger partial charge in [-0.05, 0) is 0 Å². The molecule has 4 heteroatoms. The van der Waals surface area contributed by atoms with Crippen molar-refractivity contribution in [1.82, 2.24) is 0 Å². The summed E-state index contributed by atoms with van der Waals surface area (Å²) in [6, 6.07) is 0.471. The van der Waals surface area contributed by atoms with Crippen molar-refractivity contribution < 1.29 is 27.6 Å². The second-order valence-corrected chi connectivity index (χ2v) is 3.33. The average Bonchev–Trinajstić information content (AvgIpc) is 2.12. The summed E-state index contributed by atoms with van der Waals surface area (Å²) in [5, 5.41) is 10.6. The van der Waals surface area contributed by atoms with Crippen LogP contribution in [0.1, 0.15) is 25.7 Å². The zero-order valence-electron chi connectivity index (χ0n) is 8.99. The number of carbonyl (C=O) groups is 1. The largest absolute Gasteiger partial charge is 1.00 e. The van der Waals surface area contributed by atoms with Crippen molar-refractivity contribution in [2.45, 2.75) is 31.7 Å². The van der Waals surface area contributed by atoms with Crippen LogP contribution in [0.25, 0.3) is 0 Å². The Kier molecular flexibility index (Phi) is 12.5. The van der Waals surface area contributed by atoms with Crippen LogP contribution in [0, 0.1) is 0 Å². The van der Waals surface area contributed by atoms with Crippen LogP contribution in [0.3, 0.4) is 0 Å². The van der Waals surface area contributed by atoms with Crippen molar-refractivity contribution >= 4 is 5.97 Å². The van der Waals surface area contributed by atoms with Crippen LogP contribution in [-0.4, -0.2) is 23.7 Å². The fraction of sp³-hybridized carbons (Fsp3) is 0.545. The minimum Gasteiger partial charge on any atom is -1.00 e. The molecule has 0 fully saturated rings. The number of rotatable bonds is 9. The minimum absolute atomic E-state index is 0. The zero-order valence-corrected chi connectivity index (χ0v) is 9.75. The first kappa shape index (κ1) is 16.6. The number of carboxylic acids is 1. The van der Waals surface area contributed by atoms with E-state index in [1.54, 1.807) is 0 Å². The maximum absolute atomic E-state index is 10.2. The van der Waals surface area contributed by atoms with Gasteiger partial charge in [-0.2, -0.15) is 0 Å². The van der Waals surface area contributed by atoms with E-state index in [1.807, 2.05) is 12.2 Å². The number of hydrogen-bond acceptors (Lipinski definition) is 1. The van der Waals surface area contributed by atoms with Gasteiger partial charge in [0.05, 0.1) is 19.0 Å². The van der Waals surface area contributed by atoms with Gasteiger partial charge in [0.1, 0.15) is 0 Å². The van der Waals surface area contributed by atoms with Crippen molar-refractivity contribution in [1.29, 1.82) is 0 Å². The topological polar surface area (TPSA) is 53.9 Å². The lowest BCUT2D eigenvalue weighted by molar-refractivity contribution is -0.688. The molecule has 3 N–H and O–H groups in total. The summed E-state index contributed by atoms with van der Waals surface area (Å²) in [5.74, 6) is -0.720. The van der Waals surface area contributed by atoms with Gasteiger partial charge in [-0.1, -0.05) is 12.2 Å². The molecule has 0 aliphatic rings. The maximum Gasteiger partial charge on any atom is 0.303 e. The molecule has 88 valence electrons. The molecule has 0 bridgehead atoms. The average molecular weight is 234 g/mol. The summed E-state index contributed by atoms with van der Waals surface area (Å²) in [5.41, 5.74) is 0. The second kappa shape index (κ2) is 11.3. The molecule has 0 amide bonds. The summed E-state index contributed by atoms with van der Waals surface area (Å²) in [7, 11) is 0. The summed E-state index contributed by atoms with van der Waals surface area (Å²) in [6.07, 6.45) is 6.65. The zero-order chi connectivity index (χ0) is 10.8. The van der Waals surface area contributed by atoms with E-state index in [0.717, 1.165) is 25.8 Å². The Morgan fingerprint density at radius 2 is 1.87 bits per heavy atom. The monoisotopic (exact) mass is 233 g/mol. The molecule has 0 heterocycles. The molecular weight excluding hydrogens is 214 g/mol. The molecule has 0 saturated heterocycles. The molecule has 0 saturated carbocycles. The highest BCUT2D eigenvalue weighted by Gasteiger charge is 2.07. The fourth-order valence-corrected chi connectivity index (χ4v) is 1.32. The lowest BCUT2D eigenvalue weighted by Gasteiger charge is -2.10. The van der Waals surface area contributed by atoms with E-state index in [-0.39, 0.29) is 18.8 Å². The van der Waals surface area contributed by atoms with Gasteiger partial charge in [0.2, 0.25) is 0 Å². The van der Waals surface area contributed by atoms with Gasteiger partial charge >= 0.3 is 5.97 Å². The van der Waals surface area contributed by atoms with Gasteiger partial charge in [0.15, 0.2) is 0 Å². The van der Waals surface area contributed by atoms with Crippen molar-refractivity contribution in [3.8, 4) is 0 Å². The van der Waals surface area contributed by atoms with Crippen LogP contribution in [0.15, 0.2) is 25.3 Å². The SMILES string of the molecule is C=CCC(CC=C)[NH2+]CCCC(=O)O.[Cl-]. The lowest BCUT2D eigenvalue weighted by Crippen LogP contribution is -3.00. The van der Waals surface area contributed by atoms with Crippen LogP contribution in [0.4, 0.5) is 0 Å². The summed E-state index contributed by atoms with van der Waals surface area (Å²) in [6.45, 7) is 8.24. The number of aliphatic carboxylic acids is 1. The quantitative estimate of drug-likeness (QED) is 0.356. The molecule has 15 heavy (non-hydrogen) atoms. The molecule has 0 rings (SSSR count). The minimum atomic E-state index is -0.720. The number of carboxylic acid groups (broad SMARTS) is 1. The predicted octanol–water partition coefficient (Wildman–Crippen LogP) is -2.06. The van der Waals surface area contributed by atoms with Crippen molar-refractivity contribution in [3.05, 3.63) is 25.3 Å². The Labute approximate surface area is 97.7 Å². The molecule has 0 spiro atoms. The predicted molar refractivity (Wildman–Crippen MR) is 57.1 cm³/mol. The second-order valence-electron chi connectivity index (χ2n) is 3.33. The molecule has 0 radical (unpaired) electrons. The molecule has 0 aromatic heterocycles. The molecule has 0 aliphatic heterocycles. The summed E-state index contributed by atoms with van der Waals surface area (Å²) >= 11 is 0. The molecule has 0 atom stereocenters. The van der Waals surface area contributed by atoms with E-state index in [0.29, 0.717) is 6.04 Å². The summed E-state index contributed by atoms with van der Waals surface area (Å²) in [4.78, 5) is 10.2. The third-order valence-corrected chi connectivity index (χ3v) is 2.03. The number of halogens is 1. The Hall–Kier alpha value is -0.800. The van der Waals surface area contributed by atoms with Crippen LogP contribution in [-0.2, 0) is 4.79 Å². The van der Waals surface area contributed by atoms with Crippen LogP contribution >= 0.6 is 0 Å². The third kappa shape index (κ3) is 11.1. The van der Waals surface area contributed by atoms with Crippen molar-refractivity contribution in [2.75, 3.05) is 6.54 Å². The standard InChI is InChI=1S/C11H19NO2.ClH/c1-3-6-10(7-4-2)12-9-5-8-11(13)14;/h3-4,10,12H,1-2,5-9H2,(H,13,14);1H. The van der Waals surface area contributed by atoms with E-state index < -0.39 is 5.97 Å². The molecular formula is C11H20ClNO2. The smallest absolute Gasteiger partial charge is 0.303 e. The number of quaternary nitrogens is 1. The molecule has 3 nitrogen and oxygen atoms in total. The highest BCUT2D eigenvalue weighted by atomic mass is 35.5. The van der Waals surface area contributed by atoms with E-state index in [9.17, 15) is 4.79 Å². The lowest BCUT2D eigenvalue weighted by atomic mass is 10.1. The van der Waals surface area contributed by atoms with E-state index in [4.69, 9.17) is 5.11 Å². The molecule has 0 unspecified atom stereocenters. The Morgan fingerprint density at radius 3 is 2.27 bits per heavy atom. The van der Waals surface area contributed by atoms with Gasteiger partial charge in [0.25, 0.3) is 0 Å². The van der Waals surface area contributed by atoms with E-state index >= 15 is 0 Å². The fourth-order valence-electron chi connectivity index (χ4n) is 1.32. The van der Waals surface area contributed by atoms with Crippen molar-refractivity contribution in [3.63, 3.8) is 0 Å². The van der Waals surface area contributed by atoms with Gasteiger partial charge in [-0.25, -0.2) is 0 Å². The van der Waals surface area contributed by atoms with Gasteiger partial charge < -0.3 is 22.8 Å². The summed E-state index contributed by atoms with van der Waals surface area (Å²) < 4.78 is 0. The first-order valence-corrected chi connectivity index (χ1v) is 4.97. The third-order valence-electron chi connectivity index (χ3n) is 2.03. The van der Waals surface area contributed by atoms with Gasteiger partial charge in [-0.3, -0.25) is 4.79 Å². The maximum atomic E-state index is 10.2. The first-order chi connectivity index (χ1) is 6.70. The van der Waals surface area contributed by atoms with Crippen LogP contribution in [0.2, 0.25) is 0 Å². The molecule has 0 aromatic rings. The van der Waals surface area contributed by atoms with Crippen LogP contribution < -0.4 is 17.7 Å². The Balaban J connectivity index is 0. The number of hydrogen-bond donors (Lipinski definition) is 2. The van der Waals surface area contributed by atoms with Gasteiger partial charge in [0, 0.05) is 19.3 Å². The first-order valence-electron chi connectivity index (χ1n) is 4.97. The molecule has 0 aliphatic carbocycles. The number of nitrogens with two attached hydrogens (primary N) is 1. The molecule has 0 aromatic carbocycles. The van der Waals surface area contributed by atoms with E-state index in [2.05, 4.69) is 18.5 Å². The normalized spacial score (nSPS) is 9.40. The Morgan fingerprint density at radius 1 is 1.33 bits per heavy atom. The highest BCUT2D eigenvalue weighted by molar-refractivity contribution is 5.66. The highest BCUT2D eigenvalue weighted by Crippen LogP contribution is 1.94.